The molecule has 1 atom stereocenters. The Balaban J connectivity index is 3.37. The van der Waals surface area contributed by atoms with Crippen LogP contribution in [-0.4, -0.2) is 44.5 Å². The molecule has 0 N–H and O–H groups in total. The molecular weight excluding hydrogens is 154 g/mol. The molecule has 0 aliphatic heterocycles. The molecule has 0 aliphatic carbocycles. The lowest BCUT2D eigenvalue weighted by molar-refractivity contribution is -0.118. The molecule has 72 valence electrons. The normalized spacial score (nSPS) is 13.3. The van der Waals surface area contributed by atoms with E-state index in [1.165, 1.54) is 0 Å². The van der Waals surface area contributed by atoms with Gasteiger partial charge in [0.2, 0.25) is 0 Å². The van der Waals surface area contributed by atoms with E-state index >= 15 is 0 Å². The van der Waals surface area contributed by atoms with E-state index in [-0.39, 0.29) is 6.10 Å². The Hall–Kier alpha value is -0.410. The fourth-order valence-electron chi connectivity index (χ4n) is 1.01. The average Bonchev–Trinajstić information content (AvgIpc) is 2.02. The van der Waals surface area contributed by atoms with Crippen LogP contribution in [0.5, 0.6) is 0 Å². The smallest absolute Gasteiger partial charge is 0.148 e. The number of hydrogen-bond donors (Lipinski definition) is 0. The first-order valence-corrected chi connectivity index (χ1v) is 4.42. The molecule has 12 heavy (non-hydrogen) atoms. The molecule has 1 unspecified atom stereocenters. The Kier molecular flexibility index (Phi) is 7.00. The van der Waals surface area contributed by atoms with Crippen molar-refractivity contribution in [3.8, 4) is 0 Å². The van der Waals surface area contributed by atoms with E-state index in [1.807, 2.05) is 21.0 Å². The van der Waals surface area contributed by atoms with Crippen molar-refractivity contribution in [2.75, 3.05) is 27.2 Å². The highest BCUT2D eigenvalue weighted by atomic mass is 16.5. The Labute approximate surface area is 74.7 Å². The van der Waals surface area contributed by atoms with Crippen LogP contribution in [0.25, 0.3) is 0 Å². The van der Waals surface area contributed by atoms with Gasteiger partial charge in [-0.25, -0.2) is 0 Å². The second-order valence-corrected chi connectivity index (χ2v) is 3.08. The number of hydrogen-bond acceptors (Lipinski definition) is 3. The van der Waals surface area contributed by atoms with Crippen molar-refractivity contribution in [3.63, 3.8) is 0 Å². The topological polar surface area (TPSA) is 29.5 Å². The van der Waals surface area contributed by atoms with Crippen LogP contribution in [0.15, 0.2) is 0 Å². The fraction of sp³-hybridized carbons (Fsp3) is 0.889. The zero-order valence-electron chi connectivity index (χ0n) is 8.25. The highest BCUT2D eigenvalue weighted by Crippen LogP contribution is 1.99. The molecule has 0 saturated heterocycles. The Bertz CT molecular complexity index is 115. The quantitative estimate of drug-likeness (QED) is 0.536. The Morgan fingerprint density at radius 1 is 1.50 bits per heavy atom. The lowest BCUT2D eigenvalue weighted by Crippen LogP contribution is -2.18. The first-order chi connectivity index (χ1) is 5.70. The van der Waals surface area contributed by atoms with E-state index in [4.69, 9.17) is 4.74 Å². The highest BCUT2D eigenvalue weighted by Gasteiger charge is 2.05. The largest absolute Gasteiger partial charge is 0.371 e. The van der Waals surface area contributed by atoms with Crippen LogP contribution in [0.3, 0.4) is 0 Å². The molecule has 0 fully saturated rings. The average molecular weight is 173 g/mol. The van der Waals surface area contributed by atoms with Gasteiger partial charge >= 0.3 is 0 Å². The molecule has 0 spiro atoms. The van der Waals surface area contributed by atoms with Gasteiger partial charge in [0.25, 0.3) is 0 Å². The van der Waals surface area contributed by atoms with Crippen molar-refractivity contribution in [2.24, 2.45) is 0 Å². The monoisotopic (exact) mass is 173 g/mol. The summed E-state index contributed by atoms with van der Waals surface area (Å²) in [6.07, 6.45) is 2.53. The van der Waals surface area contributed by atoms with E-state index in [1.54, 1.807) is 0 Å². The third kappa shape index (κ3) is 6.31. The molecule has 3 heteroatoms. The van der Waals surface area contributed by atoms with Gasteiger partial charge in [0.1, 0.15) is 12.4 Å². The molecule has 0 aliphatic rings. The molecule has 0 aromatic rings. The fourth-order valence-corrected chi connectivity index (χ4v) is 1.01. The first-order valence-electron chi connectivity index (χ1n) is 4.42. The SMILES string of the molecule is CCOC(C=O)CCCN(C)C. The molecular formula is C9H19NO2. The van der Waals surface area contributed by atoms with Crippen LogP contribution in [-0.2, 0) is 9.53 Å². The van der Waals surface area contributed by atoms with Gasteiger partial charge in [-0.05, 0) is 40.4 Å². The van der Waals surface area contributed by atoms with Crippen LogP contribution in [0.2, 0.25) is 0 Å². The molecule has 0 radical (unpaired) electrons. The molecule has 0 aromatic heterocycles. The Morgan fingerprint density at radius 2 is 2.17 bits per heavy atom. The minimum Gasteiger partial charge on any atom is -0.371 e. The second-order valence-electron chi connectivity index (χ2n) is 3.08. The molecule has 0 aromatic carbocycles. The predicted octanol–water partition coefficient (Wildman–Crippen LogP) is 0.932. The van der Waals surface area contributed by atoms with Crippen molar-refractivity contribution in [1.29, 1.82) is 0 Å². The Morgan fingerprint density at radius 3 is 2.58 bits per heavy atom. The number of carbonyl (C=O) groups is 1. The summed E-state index contributed by atoms with van der Waals surface area (Å²) in [5.41, 5.74) is 0. The van der Waals surface area contributed by atoms with Gasteiger partial charge in [-0.1, -0.05) is 0 Å². The zero-order valence-corrected chi connectivity index (χ0v) is 8.25. The first kappa shape index (κ1) is 11.6. The van der Waals surface area contributed by atoms with Crippen LogP contribution in [0.4, 0.5) is 0 Å². The summed E-state index contributed by atoms with van der Waals surface area (Å²) < 4.78 is 5.19. The molecule has 0 bridgehead atoms. The minimum absolute atomic E-state index is 0.199. The van der Waals surface area contributed by atoms with Crippen molar-refractivity contribution >= 4 is 6.29 Å². The van der Waals surface area contributed by atoms with Crippen LogP contribution < -0.4 is 0 Å². The van der Waals surface area contributed by atoms with Crippen molar-refractivity contribution in [2.45, 2.75) is 25.9 Å². The van der Waals surface area contributed by atoms with Gasteiger partial charge in [0, 0.05) is 6.61 Å². The number of rotatable bonds is 7. The molecule has 0 rings (SSSR count). The third-order valence-corrected chi connectivity index (χ3v) is 1.63. The third-order valence-electron chi connectivity index (χ3n) is 1.63. The second kappa shape index (κ2) is 7.25. The van der Waals surface area contributed by atoms with Gasteiger partial charge in [-0.3, -0.25) is 0 Å². The van der Waals surface area contributed by atoms with Crippen molar-refractivity contribution in [1.82, 2.24) is 4.90 Å². The summed E-state index contributed by atoms with van der Waals surface area (Å²) in [7, 11) is 4.05. The summed E-state index contributed by atoms with van der Waals surface area (Å²) in [5.74, 6) is 0. The van der Waals surface area contributed by atoms with Gasteiger partial charge < -0.3 is 14.4 Å². The number of aldehydes is 1. The molecule has 0 amide bonds. The summed E-state index contributed by atoms with van der Waals surface area (Å²) in [6.45, 7) is 3.53. The summed E-state index contributed by atoms with van der Waals surface area (Å²) in [6, 6.07) is 0. The van der Waals surface area contributed by atoms with E-state index in [0.717, 1.165) is 25.7 Å². The molecule has 0 heterocycles. The number of nitrogens with zero attached hydrogens (tertiary/aromatic N) is 1. The van der Waals surface area contributed by atoms with Gasteiger partial charge in [-0.2, -0.15) is 0 Å². The van der Waals surface area contributed by atoms with Gasteiger partial charge in [-0.15, -0.1) is 0 Å². The highest BCUT2D eigenvalue weighted by molar-refractivity contribution is 5.55. The summed E-state index contributed by atoms with van der Waals surface area (Å²) in [5, 5.41) is 0. The van der Waals surface area contributed by atoms with E-state index in [0.29, 0.717) is 6.61 Å². The maximum absolute atomic E-state index is 10.4. The van der Waals surface area contributed by atoms with E-state index < -0.39 is 0 Å². The lowest BCUT2D eigenvalue weighted by atomic mass is 10.2. The number of carbonyl (C=O) groups excluding carboxylic acids is 1. The molecule has 3 nitrogen and oxygen atoms in total. The maximum Gasteiger partial charge on any atom is 0.148 e. The summed E-state index contributed by atoms with van der Waals surface area (Å²) in [4.78, 5) is 12.5. The maximum atomic E-state index is 10.4. The van der Waals surface area contributed by atoms with E-state index in [2.05, 4.69) is 4.90 Å². The van der Waals surface area contributed by atoms with Crippen molar-refractivity contribution < 1.29 is 9.53 Å². The van der Waals surface area contributed by atoms with Gasteiger partial charge in [0.05, 0.1) is 0 Å². The number of ether oxygens (including phenoxy) is 1. The van der Waals surface area contributed by atoms with E-state index in [9.17, 15) is 4.79 Å². The summed E-state index contributed by atoms with van der Waals surface area (Å²) >= 11 is 0. The van der Waals surface area contributed by atoms with Gasteiger partial charge in [0.15, 0.2) is 0 Å². The standard InChI is InChI=1S/C9H19NO2/c1-4-12-9(8-11)6-5-7-10(2)3/h8-9H,4-7H2,1-3H3. The zero-order chi connectivity index (χ0) is 9.40. The van der Waals surface area contributed by atoms with Crippen molar-refractivity contribution in [3.05, 3.63) is 0 Å². The predicted molar refractivity (Wildman–Crippen MR) is 49.3 cm³/mol. The molecule has 0 saturated carbocycles. The van der Waals surface area contributed by atoms with Crippen LogP contribution in [0, 0.1) is 0 Å². The van der Waals surface area contributed by atoms with Crippen LogP contribution in [0.1, 0.15) is 19.8 Å². The lowest BCUT2D eigenvalue weighted by Gasteiger charge is -2.12. The van der Waals surface area contributed by atoms with Crippen LogP contribution >= 0.6 is 0 Å². The minimum atomic E-state index is -0.199.